The zero-order valence-electron chi connectivity index (χ0n) is 15.1. The van der Waals surface area contributed by atoms with Gasteiger partial charge in [0.1, 0.15) is 0 Å². The number of hydrogen-bond donors (Lipinski definition) is 2. The molecule has 0 unspecified atom stereocenters. The number of anilines is 1. The number of aryl methyl sites for hydroxylation is 1. The number of rotatable bonds is 6. The summed E-state index contributed by atoms with van der Waals surface area (Å²) in [5, 5.41) is 2.77. The van der Waals surface area contributed by atoms with E-state index < -0.39 is 10.0 Å². The van der Waals surface area contributed by atoms with E-state index >= 15 is 0 Å². The lowest BCUT2D eigenvalue weighted by Crippen LogP contribution is -2.23. The molecular formula is C21H19BrN2O3S. The van der Waals surface area contributed by atoms with Gasteiger partial charge in [0.15, 0.2) is 0 Å². The fourth-order valence-electron chi connectivity index (χ4n) is 2.51. The van der Waals surface area contributed by atoms with Crippen molar-refractivity contribution in [1.29, 1.82) is 0 Å². The summed E-state index contributed by atoms with van der Waals surface area (Å²) in [5.74, 6) is -0.265. The zero-order chi connectivity index (χ0) is 20.1. The Bertz CT molecular complexity index is 1080. The molecule has 3 aromatic carbocycles. The average molecular weight is 459 g/mol. The third-order valence-corrected chi connectivity index (χ3v) is 6.44. The first kappa shape index (κ1) is 20.3. The first-order valence-corrected chi connectivity index (χ1v) is 10.8. The van der Waals surface area contributed by atoms with Crippen LogP contribution in [0, 0.1) is 6.92 Å². The van der Waals surface area contributed by atoms with Crippen molar-refractivity contribution in [2.75, 3.05) is 5.32 Å². The molecule has 3 rings (SSSR count). The summed E-state index contributed by atoms with van der Waals surface area (Å²) in [6, 6.07) is 20.7. The van der Waals surface area contributed by atoms with Crippen molar-refractivity contribution < 1.29 is 13.2 Å². The van der Waals surface area contributed by atoms with Gasteiger partial charge >= 0.3 is 0 Å². The third kappa shape index (κ3) is 5.07. The van der Waals surface area contributed by atoms with Crippen molar-refractivity contribution in [1.82, 2.24) is 4.72 Å². The van der Waals surface area contributed by atoms with Gasteiger partial charge in [-0.25, -0.2) is 13.1 Å². The number of nitrogens with one attached hydrogen (secondary N) is 2. The van der Waals surface area contributed by atoms with Crippen molar-refractivity contribution >= 4 is 37.5 Å². The molecule has 0 bridgehead atoms. The van der Waals surface area contributed by atoms with Crippen LogP contribution in [0.4, 0.5) is 5.69 Å². The standard InChI is InChI=1S/C21H19BrN2O3S/c1-15-7-8-17(13-20(15)22)21(25)24-18-9-11-19(12-10-18)28(26,27)23-14-16-5-3-2-4-6-16/h2-13,23H,14H2,1H3,(H,24,25). The quantitative estimate of drug-likeness (QED) is 0.571. The van der Waals surface area contributed by atoms with E-state index in [1.165, 1.54) is 12.1 Å². The molecule has 0 aromatic heterocycles. The van der Waals surface area contributed by atoms with E-state index in [2.05, 4.69) is 26.0 Å². The minimum absolute atomic E-state index is 0.138. The number of carbonyl (C=O) groups is 1. The predicted octanol–water partition coefficient (Wildman–Crippen LogP) is 4.49. The molecule has 0 aliphatic heterocycles. The Morgan fingerprint density at radius 3 is 2.29 bits per heavy atom. The maximum atomic E-state index is 12.4. The Kier molecular flexibility index (Phi) is 6.28. The van der Waals surface area contributed by atoms with Crippen LogP contribution in [0.3, 0.4) is 0 Å². The molecule has 1 amide bonds. The van der Waals surface area contributed by atoms with E-state index in [4.69, 9.17) is 0 Å². The summed E-state index contributed by atoms with van der Waals surface area (Å²) in [6.07, 6.45) is 0. The number of carbonyl (C=O) groups excluding carboxylic acids is 1. The van der Waals surface area contributed by atoms with Crippen LogP contribution in [0.1, 0.15) is 21.5 Å². The highest BCUT2D eigenvalue weighted by molar-refractivity contribution is 9.10. The van der Waals surface area contributed by atoms with Gasteiger partial charge in [-0.2, -0.15) is 0 Å². The molecule has 0 fully saturated rings. The molecule has 0 atom stereocenters. The van der Waals surface area contributed by atoms with Crippen LogP contribution in [0.15, 0.2) is 82.2 Å². The maximum Gasteiger partial charge on any atom is 0.255 e. The van der Waals surface area contributed by atoms with E-state index in [1.54, 1.807) is 24.3 Å². The molecule has 0 aliphatic carbocycles. The lowest BCUT2D eigenvalue weighted by molar-refractivity contribution is 0.102. The number of amides is 1. The first-order chi connectivity index (χ1) is 13.3. The van der Waals surface area contributed by atoms with Gasteiger partial charge in [0.2, 0.25) is 10.0 Å². The van der Waals surface area contributed by atoms with Crippen molar-refractivity contribution in [3.63, 3.8) is 0 Å². The summed E-state index contributed by atoms with van der Waals surface area (Å²) in [4.78, 5) is 12.5. The Hall–Kier alpha value is -2.48. The summed E-state index contributed by atoms with van der Waals surface area (Å²) in [6.45, 7) is 2.15. The Labute approximate surface area is 173 Å². The normalized spacial score (nSPS) is 11.2. The van der Waals surface area contributed by atoms with Gasteiger partial charge in [-0.15, -0.1) is 0 Å². The highest BCUT2D eigenvalue weighted by atomic mass is 79.9. The molecule has 5 nitrogen and oxygen atoms in total. The van der Waals surface area contributed by atoms with E-state index in [9.17, 15) is 13.2 Å². The van der Waals surface area contributed by atoms with Crippen LogP contribution in [0.25, 0.3) is 0 Å². The molecule has 2 N–H and O–H groups in total. The second-order valence-corrected chi connectivity index (χ2v) is 8.87. The molecule has 7 heteroatoms. The minimum atomic E-state index is -3.64. The number of sulfonamides is 1. The lowest BCUT2D eigenvalue weighted by atomic mass is 10.1. The average Bonchev–Trinajstić information content (AvgIpc) is 2.70. The fourth-order valence-corrected chi connectivity index (χ4v) is 3.91. The molecule has 3 aromatic rings. The van der Waals surface area contributed by atoms with Gasteiger partial charge in [-0.05, 0) is 54.4 Å². The van der Waals surface area contributed by atoms with Crippen LogP contribution >= 0.6 is 15.9 Å². The van der Waals surface area contributed by atoms with E-state index in [-0.39, 0.29) is 17.3 Å². The Morgan fingerprint density at radius 1 is 0.964 bits per heavy atom. The largest absolute Gasteiger partial charge is 0.322 e. The van der Waals surface area contributed by atoms with E-state index in [0.717, 1.165) is 15.6 Å². The molecule has 0 radical (unpaired) electrons. The van der Waals surface area contributed by atoms with Gasteiger partial charge in [0, 0.05) is 22.3 Å². The highest BCUT2D eigenvalue weighted by Crippen LogP contribution is 2.19. The fraction of sp³-hybridized carbons (Fsp3) is 0.0952. The van der Waals surface area contributed by atoms with Gasteiger partial charge in [0.05, 0.1) is 4.90 Å². The monoisotopic (exact) mass is 458 g/mol. The molecule has 28 heavy (non-hydrogen) atoms. The molecular weight excluding hydrogens is 440 g/mol. The lowest BCUT2D eigenvalue weighted by Gasteiger charge is -2.09. The van der Waals surface area contributed by atoms with Gasteiger partial charge in [0.25, 0.3) is 5.91 Å². The maximum absolute atomic E-state index is 12.4. The first-order valence-electron chi connectivity index (χ1n) is 8.56. The SMILES string of the molecule is Cc1ccc(C(=O)Nc2ccc(S(=O)(=O)NCc3ccccc3)cc2)cc1Br. The van der Waals surface area contributed by atoms with Gasteiger partial charge in [-0.1, -0.05) is 52.3 Å². The van der Waals surface area contributed by atoms with Gasteiger partial charge in [-0.3, -0.25) is 4.79 Å². The molecule has 0 saturated carbocycles. The second kappa shape index (κ2) is 8.68. The summed E-state index contributed by atoms with van der Waals surface area (Å²) in [5.41, 5.74) is 2.94. The smallest absolute Gasteiger partial charge is 0.255 e. The molecule has 0 saturated heterocycles. The number of halogens is 1. The molecule has 0 aliphatic rings. The van der Waals surface area contributed by atoms with Crippen LogP contribution in [-0.2, 0) is 16.6 Å². The van der Waals surface area contributed by atoms with Crippen LogP contribution in [-0.4, -0.2) is 14.3 Å². The van der Waals surface area contributed by atoms with Crippen molar-refractivity contribution in [2.45, 2.75) is 18.4 Å². The van der Waals surface area contributed by atoms with Crippen LogP contribution in [0.2, 0.25) is 0 Å². The van der Waals surface area contributed by atoms with E-state index in [0.29, 0.717) is 11.3 Å². The summed E-state index contributed by atoms with van der Waals surface area (Å²) >= 11 is 3.41. The number of hydrogen-bond acceptors (Lipinski definition) is 3. The minimum Gasteiger partial charge on any atom is -0.322 e. The molecule has 0 heterocycles. The predicted molar refractivity (Wildman–Crippen MR) is 114 cm³/mol. The second-order valence-electron chi connectivity index (χ2n) is 6.25. The van der Waals surface area contributed by atoms with Crippen LogP contribution < -0.4 is 10.0 Å². The zero-order valence-corrected chi connectivity index (χ0v) is 17.5. The van der Waals surface area contributed by atoms with Crippen molar-refractivity contribution in [3.05, 3.63) is 94.0 Å². The van der Waals surface area contributed by atoms with Crippen molar-refractivity contribution in [2.24, 2.45) is 0 Å². The third-order valence-electron chi connectivity index (χ3n) is 4.17. The van der Waals surface area contributed by atoms with Gasteiger partial charge < -0.3 is 5.32 Å². The summed E-state index contributed by atoms with van der Waals surface area (Å²) in [7, 11) is -3.64. The van der Waals surface area contributed by atoms with Crippen molar-refractivity contribution in [3.8, 4) is 0 Å². The Balaban J connectivity index is 1.66. The summed E-state index contributed by atoms with van der Waals surface area (Å²) < 4.78 is 28.3. The number of benzene rings is 3. The Morgan fingerprint density at radius 2 is 1.64 bits per heavy atom. The van der Waals surface area contributed by atoms with E-state index in [1.807, 2.05) is 43.3 Å². The topological polar surface area (TPSA) is 75.3 Å². The highest BCUT2D eigenvalue weighted by Gasteiger charge is 2.14. The molecule has 0 spiro atoms. The molecule has 144 valence electrons. The van der Waals surface area contributed by atoms with Crippen LogP contribution in [0.5, 0.6) is 0 Å².